The normalized spacial score (nSPS) is 14.5. The van der Waals surface area contributed by atoms with Crippen LogP contribution in [0.2, 0.25) is 0 Å². The van der Waals surface area contributed by atoms with Gasteiger partial charge in [0.05, 0.1) is 11.3 Å². The molecule has 216 valence electrons. The number of benzene rings is 1. The van der Waals surface area contributed by atoms with Crippen molar-refractivity contribution in [2.75, 3.05) is 26.2 Å². The molecule has 3 aromatic heterocycles. The second kappa shape index (κ2) is 12.3. The highest BCUT2D eigenvalue weighted by molar-refractivity contribution is 7.98. The third-order valence-electron chi connectivity index (χ3n) is 6.08. The number of piperazine rings is 1. The predicted molar refractivity (Wildman–Crippen MR) is 145 cm³/mol. The molecule has 0 saturated carbocycles. The zero-order valence-corrected chi connectivity index (χ0v) is 23.6. The molecule has 41 heavy (non-hydrogen) atoms. The van der Waals surface area contributed by atoms with Crippen LogP contribution in [-0.2, 0) is 17.0 Å². The van der Waals surface area contributed by atoms with Crippen molar-refractivity contribution in [3.8, 4) is 22.9 Å². The van der Waals surface area contributed by atoms with Crippen molar-refractivity contribution in [1.29, 1.82) is 0 Å². The monoisotopic (exact) mass is 585 g/mol. The zero-order chi connectivity index (χ0) is 29.0. The molecule has 0 spiro atoms. The molecule has 1 aliphatic heterocycles. The van der Waals surface area contributed by atoms with Crippen LogP contribution in [0.5, 0.6) is 0 Å². The molecule has 1 aromatic carbocycles. The summed E-state index contributed by atoms with van der Waals surface area (Å²) in [4.78, 5) is 20.7. The van der Waals surface area contributed by atoms with Crippen LogP contribution in [0.1, 0.15) is 44.3 Å². The molecule has 5 rings (SSSR count). The Labute approximate surface area is 239 Å². The number of halogens is 2. The molecule has 1 aliphatic rings. The fraction of sp³-hybridized carbons (Fsp3) is 0.407. The van der Waals surface area contributed by atoms with E-state index in [1.165, 1.54) is 18.0 Å². The van der Waals surface area contributed by atoms with Gasteiger partial charge < -0.3 is 18.5 Å². The van der Waals surface area contributed by atoms with Gasteiger partial charge in [0.1, 0.15) is 5.60 Å². The van der Waals surface area contributed by atoms with E-state index in [1.807, 2.05) is 45.0 Å². The maximum Gasteiger partial charge on any atom is 0.410 e. The molecular formula is C27H29F2N7O4S. The molecule has 0 bridgehead atoms. The standard InChI is InChI=1S/C27H29F2N7O4S/c1-27(2,3)40-26(37)36-12-10-35(11-13-36)15-17-4-6-18(7-5-17)22-32-34-25(39-22)41-16-20-9-8-19(14-30-20)23-31-33-24(38-23)21(28)29/h4-9,14,21H,10-13,15-16H2,1-3H3. The molecule has 11 nitrogen and oxygen atoms in total. The zero-order valence-electron chi connectivity index (χ0n) is 22.8. The van der Waals surface area contributed by atoms with Crippen LogP contribution < -0.4 is 0 Å². The largest absolute Gasteiger partial charge is 0.444 e. The smallest absolute Gasteiger partial charge is 0.410 e. The van der Waals surface area contributed by atoms with E-state index in [0.717, 1.165) is 36.5 Å². The number of rotatable bonds is 8. The molecule has 4 aromatic rings. The number of nitrogens with zero attached hydrogens (tertiary/aromatic N) is 7. The summed E-state index contributed by atoms with van der Waals surface area (Å²) in [7, 11) is 0. The molecular weight excluding hydrogens is 556 g/mol. The maximum atomic E-state index is 12.7. The summed E-state index contributed by atoms with van der Waals surface area (Å²) >= 11 is 1.33. The molecule has 4 heterocycles. The van der Waals surface area contributed by atoms with Crippen molar-refractivity contribution in [2.24, 2.45) is 0 Å². The summed E-state index contributed by atoms with van der Waals surface area (Å²) < 4.78 is 41.5. The molecule has 1 amide bonds. The van der Waals surface area contributed by atoms with Crippen LogP contribution in [0.15, 0.2) is 56.7 Å². The SMILES string of the molecule is CC(C)(C)OC(=O)N1CCN(Cc2ccc(-c3nnc(SCc4ccc(-c5nnc(C(F)F)o5)cn4)o3)cc2)CC1. The van der Waals surface area contributed by atoms with Crippen molar-refractivity contribution in [3.05, 3.63) is 59.7 Å². The third kappa shape index (κ3) is 7.64. The van der Waals surface area contributed by atoms with Gasteiger partial charge >= 0.3 is 12.5 Å². The molecule has 0 aliphatic carbocycles. The Morgan fingerprint density at radius 3 is 2.27 bits per heavy atom. The first-order valence-electron chi connectivity index (χ1n) is 13.0. The quantitative estimate of drug-likeness (QED) is 0.245. The lowest BCUT2D eigenvalue weighted by atomic mass is 10.1. The Kier molecular flexibility index (Phi) is 8.59. The third-order valence-corrected chi connectivity index (χ3v) is 6.93. The number of thioether (sulfide) groups is 1. The Bertz CT molecular complexity index is 1450. The minimum absolute atomic E-state index is 0.0136. The van der Waals surface area contributed by atoms with E-state index < -0.39 is 17.9 Å². The van der Waals surface area contributed by atoms with Gasteiger partial charge in [-0.2, -0.15) is 8.78 Å². The van der Waals surface area contributed by atoms with Crippen LogP contribution in [0.4, 0.5) is 13.6 Å². The number of carbonyl (C=O) groups is 1. The molecule has 1 fully saturated rings. The first kappa shape index (κ1) is 28.6. The van der Waals surface area contributed by atoms with Crippen LogP contribution >= 0.6 is 11.8 Å². The molecule has 14 heteroatoms. The summed E-state index contributed by atoms with van der Waals surface area (Å²) in [6.45, 7) is 9.21. The highest BCUT2D eigenvalue weighted by atomic mass is 32.2. The molecule has 1 saturated heterocycles. The predicted octanol–water partition coefficient (Wildman–Crippen LogP) is 5.46. The first-order valence-corrected chi connectivity index (χ1v) is 13.9. The van der Waals surface area contributed by atoms with Crippen LogP contribution in [-0.4, -0.2) is 73.1 Å². The number of carbonyl (C=O) groups excluding carboxylic acids is 1. The minimum Gasteiger partial charge on any atom is -0.444 e. The maximum absolute atomic E-state index is 12.7. The van der Waals surface area contributed by atoms with Crippen LogP contribution in [0, 0.1) is 0 Å². The topological polar surface area (TPSA) is 124 Å². The van der Waals surface area contributed by atoms with E-state index in [9.17, 15) is 13.6 Å². The van der Waals surface area contributed by atoms with Gasteiger partial charge in [0.15, 0.2) is 0 Å². The summed E-state index contributed by atoms with van der Waals surface area (Å²) in [5.74, 6) is 0.144. The van der Waals surface area contributed by atoms with Crippen molar-refractivity contribution in [1.82, 2.24) is 35.2 Å². The number of pyridine rings is 1. The highest BCUT2D eigenvalue weighted by Crippen LogP contribution is 2.27. The fourth-order valence-corrected chi connectivity index (χ4v) is 4.70. The number of hydrogen-bond acceptors (Lipinski definition) is 11. The number of alkyl halides is 2. The van der Waals surface area contributed by atoms with E-state index in [0.29, 0.717) is 35.5 Å². The second-order valence-electron chi connectivity index (χ2n) is 10.4. The van der Waals surface area contributed by atoms with Crippen molar-refractivity contribution < 1.29 is 27.1 Å². The van der Waals surface area contributed by atoms with Gasteiger partial charge in [-0.25, -0.2) is 4.79 Å². The number of aromatic nitrogens is 5. The van der Waals surface area contributed by atoms with Gasteiger partial charge in [0, 0.05) is 50.2 Å². The lowest BCUT2D eigenvalue weighted by Crippen LogP contribution is -2.49. The second-order valence-corrected chi connectivity index (χ2v) is 11.3. The summed E-state index contributed by atoms with van der Waals surface area (Å²) in [6, 6.07) is 11.4. The number of amides is 1. The van der Waals surface area contributed by atoms with Gasteiger partial charge in [0.2, 0.25) is 11.8 Å². The first-order chi connectivity index (χ1) is 19.6. The summed E-state index contributed by atoms with van der Waals surface area (Å²) in [5, 5.41) is 15.6. The molecule has 0 N–H and O–H groups in total. The lowest BCUT2D eigenvalue weighted by Gasteiger charge is -2.35. The summed E-state index contributed by atoms with van der Waals surface area (Å²) in [5.41, 5.74) is 2.64. The van der Waals surface area contributed by atoms with E-state index in [-0.39, 0.29) is 12.0 Å². The van der Waals surface area contributed by atoms with Gasteiger partial charge in [-0.1, -0.05) is 23.9 Å². The molecule has 0 atom stereocenters. The van der Waals surface area contributed by atoms with Crippen molar-refractivity contribution in [2.45, 2.75) is 50.3 Å². The Morgan fingerprint density at radius 1 is 0.951 bits per heavy atom. The van der Waals surface area contributed by atoms with Gasteiger partial charge in [0.25, 0.3) is 11.1 Å². The minimum atomic E-state index is -2.82. The lowest BCUT2D eigenvalue weighted by molar-refractivity contribution is 0.0139. The average Bonchev–Trinajstić information content (AvgIpc) is 3.63. The number of hydrogen-bond donors (Lipinski definition) is 0. The van der Waals surface area contributed by atoms with Gasteiger partial charge in [-0.3, -0.25) is 9.88 Å². The Balaban J connectivity index is 1.09. The van der Waals surface area contributed by atoms with Crippen LogP contribution in [0.25, 0.3) is 22.9 Å². The van der Waals surface area contributed by atoms with Crippen molar-refractivity contribution >= 4 is 17.9 Å². The molecule has 0 radical (unpaired) electrons. The van der Waals surface area contributed by atoms with Gasteiger partial charge in [-0.15, -0.1) is 20.4 Å². The number of ether oxygens (including phenoxy) is 1. The van der Waals surface area contributed by atoms with Crippen molar-refractivity contribution in [3.63, 3.8) is 0 Å². The Hall–Kier alpha value is -3.91. The molecule has 0 unspecified atom stereocenters. The van der Waals surface area contributed by atoms with Crippen LogP contribution in [0.3, 0.4) is 0 Å². The average molecular weight is 586 g/mol. The van der Waals surface area contributed by atoms with Gasteiger partial charge in [-0.05, 0) is 50.6 Å². The van der Waals surface area contributed by atoms with E-state index in [2.05, 4.69) is 30.3 Å². The fourth-order valence-electron chi connectivity index (χ4n) is 4.02. The van der Waals surface area contributed by atoms with E-state index >= 15 is 0 Å². The van der Waals surface area contributed by atoms with E-state index in [1.54, 1.807) is 17.0 Å². The highest BCUT2D eigenvalue weighted by Gasteiger charge is 2.26. The Morgan fingerprint density at radius 2 is 1.63 bits per heavy atom. The van der Waals surface area contributed by atoms with E-state index in [4.69, 9.17) is 13.6 Å². The summed E-state index contributed by atoms with van der Waals surface area (Å²) in [6.07, 6.45) is -1.60.